The predicted octanol–water partition coefficient (Wildman–Crippen LogP) is 1.79. The van der Waals surface area contributed by atoms with Gasteiger partial charge in [-0.25, -0.2) is 0 Å². The second-order valence-electron chi connectivity index (χ2n) is 5.58. The monoisotopic (exact) mass is 288 g/mol. The van der Waals surface area contributed by atoms with Gasteiger partial charge in [0.05, 0.1) is 6.10 Å². The topological polar surface area (TPSA) is 63.6 Å². The summed E-state index contributed by atoms with van der Waals surface area (Å²) in [5, 5.41) is 9.88. The maximum atomic E-state index is 12.4. The van der Waals surface area contributed by atoms with E-state index in [9.17, 15) is 26.7 Å². The summed E-state index contributed by atoms with van der Waals surface area (Å²) in [6.45, 7) is 3.29. The number of hydrogen-bond donors (Lipinski definition) is 1. The van der Waals surface area contributed by atoms with Crippen LogP contribution in [0.4, 0.5) is 13.2 Å². The number of halogens is 3. The first-order valence-corrected chi connectivity index (χ1v) is 7.05. The SMILES string of the molecule is CC1(C)[C@H]2CC[C@]1(OS(=O)(=O)C(F)(F)F)[C@@H](O)C2. The van der Waals surface area contributed by atoms with Crippen LogP contribution in [0.2, 0.25) is 0 Å². The number of rotatable bonds is 2. The summed E-state index contributed by atoms with van der Waals surface area (Å²) in [7, 11) is -5.69. The molecule has 4 nitrogen and oxygen atoms in total. The van der Waals surface area contributed by atoms with Gasteiger partial charge in [-0.05, 0) is 25.2 Å². The molecule has 0 saturated heterocycles. The highest BCUT2D eigenvalue weighted by Gasteiger charge is 2.68. The number of alkyl halides is 3. The Labute approximate surface area is 103 Å². The Morgan fingerprint density at radius 3 is 2.22 bits per heavy atom. The summed E-state index contributed by atoms with van der Waals surface area (Å²) < 4.78 is 64.0. The third-order valence-electron chi connectivity index (χ3n) is 4.56. The fourth-order valence-corrected chi connectivity index (χ4v) is 4.23. The first-order chi connectivity index (χ1) is 7.94. The minimum atomic E-state index is -5.69. The van der Waals surface area contributed by atoms with Crippen molar-refractivity contribution in [3.63, 3.8) is 0 Å². The van der Waals surface area contributed by atoms with Crippen molar-refractivity contribution in [2.45, 2.75) is 50.3 Å². The second kappa shape index (κ2) is 3.61. The van der Waals surface area contributed by atoms with Gasteiger partial charge >= 0.3 is 15.6 Å². The number of hydrogen-bond acceptors (Lipinski definition) is 4. The molecular weight excluding hydrogens is 273 g/mol. The summed E-state index contributed by atoms with van der Waals surface area (Å²) in [4.78, 5) is 0. The molecule has 2 fully saturated rings. The van der Waals surface area contributed by atoms with Gasteiger partial charge in [-0.3, -0.25) is 4.18 Å². The minimum absolute atomic E-state index is 0.0177. The van der Waals surface area contributed by atoms with Crippen molar-refractivity contribution in [2.75, 3.05) is 0 Å². The summed E-state index contributed by atoms with van der Waals surface area (Å²) in [5.74, 6) is -0.0177. The van der Waals surface area contributed by atoms with E-state index >= 15 is 0 Å². The third-order valence-corrected chi connectivity index (χ3v) is 5.65. The van der Waals surface area contributed by atoms with E-state index in [2.05, 4.69) is 4.18 Å². The van der Waals surface area contributed by atoms with Crippen LogP contribution in [0.15, 0.2) is 0 Å². The van der Waals surface area contributed by atoms with Crippen LogP contribution < -0.4 is 0 Å². The Hall–Kier alpha value is -0.340. The van der Waals surface area contributed by atoms with Crippen molar-refractivity contribution in [1.29, 1.82) is 0 Å². The maximum absolute atomic E-state index is 12.4. The van der Waals surface area contributed by atoms with Gasteiger partial charge in [0.25, 0.3) is 0 Å². The third kappa shape index (κ3) is 1.61. The van der Waals surface area contributed by atoms with Crippen molar-refractivity contribution in [3.05, 3.63) is 0 Å². The highest BCUT2D eigenvalue weighted by Crippen LogP contribution is 2.62. The summed E-state index contributed by atoms with van der Waals surface area (Å²) >= 11 is 0. The number of fused-ring (bicyclic) bond motifs is 2. The van der Waals surface area contributed by atoms with Gasteiger partial charge in [0, 0.05) is 5.41 Å². The van der Waals surface area contributed by atoms with Gasteiger partial charge in [-0.1, -0.05) is 13.8 Å². The standard InChI is InChI=1S/C10H15F3O4S/c1-8(2)6-3-4-9(8,7(14)5-6)17-18(15,16)10(11,12)13/h6-7,14H,3-5H2,1-2H3/t6-,7-,9-/m0/s1. The van der Waals surface area contributed by atoms with E-state index in [-0.39, 0.29) is 18.8 Å². The van der Waals surface area contributed by atoms with Gasteiger partial charge in [-0.15, -0.1) is 0 Å². The zero-order valence-corrected chi connectivity index (χ0v) is 10.8. The molecule has 0 amide bonds. The Kier molecular flexibility index (Phi) is 2.82. The molecule has 0 unspecified atom stereocenters. The molecule has 2 saturated carbocycles. The lowest BCUT2D eigenvalue weighted by atomic mass is 9.78. The molecule has 3 atom stereocenters. The molecule has 0 aromatic heterocycles. The maximum Gasteiger partial charge on any atom is 0.523 e. The average molecular weight is 288 g/mol. The first-order valence-electron chi connectivity index (χ1n) is 5.64. The molecular formula is C10H15F3O4S. The van der Waals surface area contributed by atoms with Crippen LogP contribution in [0.5, 0.6) is 0 Å². The molecule has 2 aliphatic carbocycles. The lowest BCUT2D eigenvalue weighted by Gasteiger charge is -2.39. The molecule has 2 rings (SSSR count). The highest BCUT2D eigenvalue weighted by atomic mass is 32.2. The fourth-order valence-electron chi connectivity index (χ4n) is 3.33. The summed E-state index contributed by atoms with van der Waals surface area (Å²) in [6.07, 6.45) is -0.206. The van der Waals surface area contributed by atoms with E-state index < -0.39 is 32.7 Å². The van der Waals surface area contributed by atoms with Crippen molar-refractivity contribution in [3.8, 4) is 0 Å². The molecule has 1 N–H and O–H groups in total. The van der Waals surface area contributed by atoms with Gasteiger partial charge in [-0.2, -0.15) is 21.6 Å². The van der Waals surface area contributed by atoms with Crippen LogP contribution in [0.3, 0.4) is 0 Å². The van der Waals surface area contributed by atoms with Crippen molar-refractivity contribution < 1.29 is 30.9 Å². The number of aliphatic hydroxyl groups is 1. The molecule has 0 aromatic rings. The molecule has 8 heteroatoms. The highest BCUT2D eigenvalue weighted by molar-refractivity contribution is 7.87. The van der Waals surface area contributed by atoms with Crippen LogP contribution in [0.1, 0.15) is 33.1 Å². The molecule has 18 heavy (non-hydrogen) atoms. The quantitative estimate of drug-likeness (QED) is 0.621. The average Bonchev–Trinajstić information content (AvgIpc) is 2.48. The smallest absolute Gasteiger partial charge is 0.390 e. The van der Waals surface area contributed by atoms with Crippen LogP contribution >= 0.6 is 0 Å². The lowest BCUT2D eigenvalue weighted by Crippen LogP contribution is -2.51. The van der Waals surface area contributed by atoms with E-state index in [0.717, 1.165) is 0 Å². The van der Waals surface area contributed by atoms with Crippen molar-refractivity contribution >= 4 is 10.1 Å². The zero-order valence-electron chi connectivity index (χ0n) is 9.99. The van der Waals surface area contributed by atoms with Crippen LogP contribution in [-0.2, 0) is 14.3 Å². The van der Waals surface area contributed by atoms with Gasteiger partial charge in [0.2, 0.25) is 0 Å². The molecule has 0 spiro atoms. The fraction of sp³-hybridized carbons (Fsp3) is 1.00. The van der Waals surface area contributed by atoms with E-state index in [1.54, 1.807) is 13.8 Å². The molecule has 2 aliphatic rings. The molecule has 0 aliphatic heterocycles. The Bertz CT molecular complexity index is 456. The molecule has 2 bridgehead atoms. The Morgan fingerprint density at radius 1 is 1.33 bits per heavy atom. The predicted molar refractivity (Wildman–Crippen MR) is 55.9 cm³/mol. The Balaban J connectivity index is 2.39. The summed E-state index contributed by atoms with van der Waals surface area (Å²) in [5.41, 5.74) is -7.89. The van der Waals surface area contributed by atoms with Crippen LogP contribution in [0, 0.1) is 11.3 Å². The molecule has 0 heterocycles. The summed E-state index contributed by atoms with van der Waals surface area (Å²) in [6, 6.07) is 0. The largest absolute Gasteiger partial charge is 0.523 e. The van der Waals surface area contributed by atoms with Crippen LogP contribution in [0.25, 0.3) is 0 Å². The Morgan fingerprint density at radius 2 is 1.89 bits per heavy atom. The zero-order chi connectivity index (χ0) is 14.0. The number of aliphatic hydroxyl groups excluding tert-OH is 1. The molecule has 106 valence electrons. The lowest BCUT2D eigenvalue weighted by molar-refractivity contribution is -0.106. The van der Waals surface area contributed by atoms with E-state index in [1.165, 1.54) is 0 Å². The van der Waals surface area contributed by atoms with E-state index in [1.807, 2.05) is 0 Å². The normalized spacial score (nSPS) is 39.2. The van der Waals surface area contributed by atoms with E-state index in [0.29, 0.717) is 6.42 Å². The molecule has 0 radical (unpaired) electrons. The van der Waals surface area contributed by atoms with Crippen molar-refractivity contribution in [2.24, 2.45) is 11.3 Å². The van der Waals surface area contributed by atoms with Gasteiger partial charge in [0.15, 0.2) is 0 Å². The van der Waals surface area contributed by atoms with E-state index in [4.69, 9.17) is 0 Å². The second-order valence-corrected chi connectivity index (χ2v) is 7.12. The minimum Gasteiger partial charge on any atom is -0.390 e. The molecule has 0 aromatic carbocycles. The van der Waals surface area contributed by atoms with Crippen LogP contribution in [-0.4, -0.2) is 30.7 Å². The van der Waals surface area contributed by atoms with Gasteiger partial charge < -0.3 is 5.11 Å². The van der Waals surface area contributed by atoms with Crippen molar-refractivity contribution in [1.82, 2.24) is 0 Å². The van der Waals surface area contributed by atoms with Gasteiger partial charge in [0.1, 0.15) is 5.60 Å². The first kappa shape index (κ1) is 14.1.